The number of allylic oxidation sites excluding steroid dienone is 4. The molecule has 1 unspecified atom stereocenters. The maximum absolute atomic E-state index is 5.19. The molecule has 0 fully saturated rings. The first kappa shape index (κ1) is 38.6. The third kappa shape index (κ3) is 9.12. The number of anilines is 2. The van der Waals surface area contributed by atoms with Gasteiger partial charge in [0.1, 0.15) is 0 Å². The second kappa shape index (κ2) is 18.7. The number of hydrazine groups is 1. The predicted octanol–water partition coefficient (Wildman–Crippen LogP) is 11.1. The Bertz CT molecular complexity index is 1670. The van der Waals surface area contributed by atoms with Gasteiger partial charge in [-0.2, -0.15) is 0 Å². The number of nitrogens with one attached hydrogen (secondary N) is 3. The number of imidazole rings is 1. The molecule has 6 heteroatoms. The van der Waals surface area contributed by atoms with Crippen LogP contribution >= 0.6 is 0 Å². The lowest BCUT2D eigenvalue weighted by molar-refractivity contribution is 0.459. The maximum Gasteiger partial charge on any atom is 0.156 e. The van der Waals surface area contributed by atoms with Crippen LogP contribution in [0.1, 0.15) is 114 Å². The Labute approximate surface area is 303 Å². The molecule has 0 aliphatic heterocycles. The molecule has 1 aromatic heterocycles. The largest absolute Gasteiger partial charge is 0.383 e. The van der Waals surface area contributed by atoms with Gasteiger partial charge in [0.2, 0.25) is 0 Å². The lowest BCUT2D eigenvalue weighted by Gasteiger charge is -2.29. The second-order valence-electron chi connectivity index (χ2n) is 13.9. The monoisotopic (exact) mass is 677 g/mol. The van der Waals surface area contributed by atoms with Crippen LogP contribution in [-0.4, -0.2) is 28.2 Å². The fourth-order valence-corrected chi connectivity index (χ4v) is 7.37. The maximum atomic E-state index is 5.19. The summed E-state index contributed by atoms with van der Waals surface area (Å²) in [5.41, 5.74) is 18.6. The number of benzene rings is 2. The number of rotatable bonds is 21. The van der Waals surface area contributed by atoms with Crippen molar-refractivity contribution in [3.63, 3.8) is 0 Å². The van der Waals surface area contributed by atoms with Gasteiger partial charge in [0.05, 0.1) is 22.8 Å². The van der Waals surface area contributed by atoms with E-state index < -0.39 is 0 Å². The summed E-state index contributed by atoms with van der Waals surface area (Å²) in [5, 5.41) is 9.48. The third-order valence-corrected chi connectivity index (χ3v) is 10.3. The summed E-state index contributed by atoms with van der Waals surface area (Å²) in [6.45, 7) is 22.6. The zero-order valence-electron chi connectivity index (χ0n) is 32.4. The van der Waals surface area contributed by atoms with E-state index in [2.05, 4.69) is 137 Å². The highest BCUT2D eigenvalue weighted by Gasteiger charge is 2.21. The summed E-state index contributed by atoms with van der Waals surface area (Å²) in [7, 11) is 4.29. The van der Waals surface area contributed by atoms with Crippen LogP contribution in [0.4, 0.5) is 11.4 Å². The Kier molecular flexibility index (Phi) is 14.4. The number of hydrogen-bond acceptors (Lipinski definition) is 5. The van der Waals surface area contributed by atoms with Gasteiger partial charge in [0.25, 0.3) is 0 Å². The van der Waals surface area contributed by atoms with Crippen molar-refractivity contribution in [2.45, 2.75) is 112 Å². The number of nitrogens with zero attached hydrogens (tertiary/aromatic N) is 3. The Morgan fingerprint density at radius 1 is 0.980 bits per heavy atom. The van der Waals surface area contributed by atoms with E-state index in [0.29, 0.717) is 0 Å². The molecule has 1 aliphatic rings. The minimum absolute atomic E-state index is 0.760. The van der Waals surface area contributed by atoms with Crippen molar-refractivity contribution in [2.75, 3.05) is 24.3 Å². The molecule has 0 saturated heterocycles. The molecule has 0 spiro atoms. The molecule has 2 aromatic carbocycles. The SMILES string of the molecule is C=CCN/C(CC)=C(/CCC)N(C)Nc1cccc(-c2cccc(NC(=C)c3nc(CCCC4CC=C4C)c(CCC)n3C)c2C)c1CCC. The van der Waals surface area contributed by atoms with Crippen molar-refractivity contribution in [1.82, 2.24) is 19.9 Å². The Balaban J connectivity index is 1.61. The average molecular weight is 677 g/mol. The van der Waals surface area contributed by atoms with Gasteiger partial charge in [-0.15, -0.1) is 6.58 Å². The molecular formula is C44H64N6. The molecular weight excluding hydrogens is 613 g/mol. The molecule has 1 atom stereocenters. The molecule has 0 radical (unpaired) electrons. The van der Waals surface area contributed by atoms with Crippen molar-refractivity contribution in [3.8, 4) is 11.1 Å². The summed E-state index contributed by atoms with van der Waals surface area (Å²) in [5.74, 6) is 1.70. The normalized spacial score (nSPS) is 14.4. The van der Waals surface area contributed by atoms with E-state index in [4.69, 9.17) is 4.98 Å². The van der Waals surface area contributed by atoms with Crippen molar-refractivity contribution < 1.29 is 0 Å². The molecule has 0 amide bonds. The van der Waals surface area contributed by atoms with Crippen LogP contribution in [0.3, 0.4) is 0 Å². The molecule has 50 heavy (non-hydrogen) atoms. The molecule has 1 heterocycles. The quantitative estimate of drug-likeness (QED) is 0.0774. The Morgan fingerprint density at radius 3 is 2.32 bits per heavy atom. The standard InChI is InChI=1S/C44H64N6/c1-11-19-37-36(24-18-26-40(37)48-50(10)43(21-13-3)38(15-5)45-30-14-4)35-23-17-25-39(32(35)7)46-33(8)44-47-41(42(20-12-2)49(44)9)27-16-22-34-29-28-31(34)6/h14,17-18,23-26,28,34,45-46,48H,4,8,11-13,15-16,19-22,27,29-30H2,1-3,5-7,9-10H3/b43-38-. The van der Waals surface area contributed by atoms with E-state index in [-0.39, 0.29) is 0 Å². The van der Waals surface area contributed by atoms with Gasteiger partial charge >= 0.3 is 0 Å². The van der Waals surface area contributed by atoms with E-state index in [1.807, 2.05) is 6.08 Å². The van der Waals surface area contributed by atoms with E-state index in [1.54, 1.807) is 5.57 Å². The molecule has 4 rings (SSSR count). The molecule has 0 bridgehead atoms. The highest BCUT2D eigenvalue weighted by Crippen LogP contribution is 2.37. The molecule has 1 aliphatic carbocycles. The van der Waals surface area contributed by atoms with Gasteiger partial charge in [-0.05, 0) is 106 Å². The van der Waals surface area contributed by atoms with E-state index in [9.17, 15) is 0 Å². The summed E-state index contributed by atoms with van der Waals surface area (Å²) in [6, 6.07) is 13.2. The lowest BCUT2D eigenvalue weighted by atomic mass is 9.82. The van der Waals surface area contributed by atoms with Gasteiger partial charge in [-0.25, -0.2) is 4.98 Å². The van der Waals surface area contributed by atoms with Crippen LogP contribution in [-0.2, 0) is 26.3 Å². The van der Waals surface area contributed by atoms with Gasteiger partial charge in [-0.3, -0.25) is 10.4 Å². The highest BCUT2D eigenvalue weighted by molar-refractivity contribution is 5.83. The fourth-order valence-electron chi connectivity index (χ4n) is 7.37. The van der Waals surface area contributed by atoms with Gasteiger partial charge in [0, 0.05) is 37.7 Å². The van der Waals surface area contributed by atoms with Crippen LogP contribution in [0.2, 0.25) is 0 Å². The van der Waals surface area contributed by atoms with E-state index in [1.165, 1.54) is 64.3 Å². The van der Waals surface area contributed by atoms with Crippen molar-refractivity contribution in [1.29, 1.82) is 0 Å². The second-order valence-corrected chi connectivity index (χ2v) is 13.9. The van der Waals surface area contributed by atoms with Crippen LogP contribution in [0, 0.1) is 12.8 Å². The van der Waals surface area contributed by atoms with Crippen molar-refractivity contribution >= 4 is 17.1 Å². The summed E-state index contributed by atoms with van der Waals surface area (Å²) < 4.78 is 2.27. The van der Waals surface area contributed by atoms with Crippen LogP contribution < -0.4 is 16.1 Å². The van der Waals surface area contributed by atoms with Crippen LogP contribution in [0.25, 0.3) is 16.8 Å². The zero-order chi connectivity index (χ0) is 36.2. The molecule has 0 saturated carbocycles. The first-order chi connectivity index (χ1) is 24.2. The summed E-state index contributed by atoms with van der Waals surface area (Å²) in [4.78, 5) is 5.19. The molecule has 6 nitrogen and oxygen atoms in total. The van der Waals surface area contributed by atoms with Gasteiger partial charge in [-0.1, -0.05) is 95.5 Å². The fraction of sp³-hybridized carbons (Fsp3) is 0.477. The number of aryl methyl sites for hydroxylation is 1. The summed E-state index contributed by atoms with van der Waals surface area (Å²) >= 11 is 0. The third-order valence-electron chi connectivity index (χ3n) is 10.3. The van der Waals surface area contributed by atoms with Gasteiger partial charge < -0.3 is 15.2 Å². The van der Waals surface area contributed by atoms with Crippen molar-refractivity contribution in [2.24, 2.45) is 13.0 Å². The molecule has 3 aromatic rings. The topological polar surface area (TPSA) is 57.1 Å². The number of hydrogen-bond donors (Lipinski definition) is 3. The molecule has 270 valence electrons. The van der Waals surface area contributed by atoms with E-state index in [0.717, 1.165) is 86.7 Å². The smallest absolute Gasteiger partial charge is 0.156 e. The van der Waals surface area contributed by atoms with E-state index >= 15 is 0 Å². The first-order valence-electron chi connectivity index (χ1n) is 19.1. The number of aromatic nitrogens is 2. The van der Waals surface area contributed by atoms with Crippen LogP contribution in [0.15, 0.2) is 78.7 Å². The van der Waals surface area contributed by atoms with Crippen LogP contribution in [0.5, 0.6) is 0 Å². The van der Waals surface area contributed by atoms with Gasteiger partial charge in [0.15, 0.2) is 5.82 Å². The molecule has 3 N–H and O–H groups in total. The van der Waals surface area contributed by atoms with Crippen molar-refractivity contribution in [3.05, 3.63) is 107 Å². The first-order valence-corrected chi connectivity index (χ1v) is 19.1. The lowest BCUT2D eigenvalue weighted by Crippen LogP contribution is -2.29. The predicted molar refractivity (Wildman–Crippen MR) is 217 cm³/mol. The minimum atomic E-state index is 0.760. The minimum Gasteiger partial charge on any atom is -0.383 e. The Hall–Kier alpha value is -4.19. The summed E-state index contributed by atoms with van der Waals surface area (Å²) in [6.07, 6.45) is 16.1. The zero-order valence-corrected chi connectivity index (χ0v) is 32.4. The highest BCUT2D eigenvalue weighted by atomic mass is 15.5. The average Bonchev–Trinajstić information content (AvgIpc) is 3.42. The Morgan fingerprint density at radius 2 is 1.70 bits per heavy atom.